The molecule has 1 heterocycles. The van der Waals surface area contributed by atoms with Gasteiger partial charge in [-0.1, -0.05) is 33.8 Å². The summed E-state index contributed by atoms with van der Waals surface area (Å²) in [7, 11) is 0. The van der Waals surface area contributed by atoms with Crippen molar-refractivity contribution in [3.05, 3.63) is 29.6 Å². The summed E-state index contributed by atoms with van der Waals surface area (Å²) in [5.41, 5.74) is 3.63. The van der Waals surface area contributed by atoms with Crippen LogP contribution in [0.4, 0.5) is 0 Å². The van der Waals surface area contributed by atoms with E-state index in [1.54, 1.807) is 0 Å². The first-order valence-electron chi connectivity index (χ1n) is 8.45. The highest BCUT2D eigenvalue weighted by Crippen LogP contribution is 2.25. The molecule has 1 atom stereocenters. The van der Waals surface area contributed by atoms with E-state index in [1.165, 1.54) is 23.9 Å². The largest absolute Gasteiger partial charge is 0.341 e. The van der Waals surface area contributed by atoms with Crippen LogP contribution in [-0.2, 0) is 6.42 Å². The lowest BCUT2D eigenvalue weighted by molar-refractivity contribution is 0.186. The number of rotatable bonds is 8. The van der Waals surface area contributed by atoms with Crippen LogP contribution in [-0.4, -0.2) is 28.0 Å². The van der Waals surface area contributed by atoms with E-state index in [-0.39, 0.29) is 0 Å². The molecule has 3 nitrogen and oxygen atoms in total. The smallest absolute Gasteiger partial charge is 0.124 e. The van der Waals surface area contributed by atoms with Crippen molar-refractivity contribution in [1.82, 2.24) is 14.9 Å². The number of fused-ring (bicyclic) bond motifs is 1. The maximum absolute atomic E-state index is 4.85. The van der Waals surface area contributed by atoms with Crippen molar-refractivity contribution < 1.29 is 0 Å². The van der Waals surface area contributed by atoms with Crippen molar-refractivity contribution in [2.24, 2.45) is 0 Å². The Morgan fingerprint density at radius 1 is 1.10 bits per heavy atom. The molecule has 116 valence electrons. The molecule has 1 unspecified atom stereocenters. The van der Waals surface area contributed by atoms with Crippen LogP contribution in [0.25, 0.3) is 11.0 Å². The summed E-state index contributed by atoms with van der Waals surface area (Å²) >= 11 is 0. The second-order valence-electron chi connectivity index (χ2n) is 5.79. The number of aromatic amines is 1. The monoisotopic (exact) mass is 287 g/mol. The first-order chi connectivity index (χ1) is 10.2. The van der Waals surface area contributed by atoms with Gasteiger partial charge < -0.3 is 4.98 Å². The molecule has 0 aliphatic rings. The molecule has 3 heteroatoms. The van der Waals surface area contributed by atoms with E-state index >= 15 is 0 Å². The van der Waals surface area contributed by atoms with Crippen molar-refractivity contribution in [1.29, 1.82) is 0 Å². The minimum Gasteiger partial charge on any atom is -0.341 e. The number of nitrogens with zero attached hydrogens (tertiary/aromatic N) is 2. The van der Waals surface area contributed by atoms with Crippen LogP contribution in [0.15, 0.2) is 18.2 Å². The fourth-order valence-corrected chi connectivity index (χ4v) is 3.08. The predicted molar refractivity (Wildman–Crippen MR) is 90.7 cm³/mol. The molecular weight excluding hydrogens is 258 g/mol. The van der Waals surface area contributed by atoms with Gasteiger partial charge in [0.15, 0.2) is 0 Å². The zero-order valence-electron chi connectivity index (χ0n) is 13.9. The zero-order valence-corrected chi connectivity index (χ0v) is 13.9. The molecule has 0 radical (unpaired) electrons. The molecule has 0 saturated heterocycles. The van der Waals surface area contributed by atoms with Crippen molar-refractivity contribution in [3.63, 3.8) is 0 Å². The van der Waals surface area contributed by atoms with Crippen LogP contribution < -0.4 is 0 Å². The summed E-state index contributed by atoms with van der Waals surface area (Å²) in [4.78, 5) is 11.0. The summed E-state index contributed by atoms with van der Waals surface area (Å²) in [6.45, 7) is 11.2. The van der Waals surface area contributed by atoms with Crippen molar-refractivity contribution in [3.8, 4) is 0 Å². The van der Waals surface area contributed by atoms with E-state index < -0.39 is 0 Å². The van der Waals surface area contributed by atoms with Crippen molar-refractivity contribution in [2.75, 3.05) is 13.1 Å². The standard InChI is InChI=1S/C18H29N3/c1-5-11-21(12-6-2)17(8-4)18-19-15-10-9-14(7-3)13-16(15)20-18/h9-10,13,17H,5-8,11-12H2,1-4H3,(H,19,20). The minimum absolute atomic E-state index is 0.405. The number of hydrogen-bond donors (Lipinski definition) is 1. The maximum Gasteiger partial charge on any atom is 0.124 e. The molecule has 21 heavy (non-hydrogen) atoms. The minimum atomic E-state index is 0.405. The zero-order chi connectivity index (χ0) is 15.2. The van der Waals surface area contributed by atoms with Gasteiger partial charge in [0.2, 0.25) is 0 Å². The van der Waals surface area contributed by atoms with Gasteiger partial charge in [-0.15, -0.1) is 0 Å². The Morgan fingerprint density at radius 3 is 2.38 bits per heavy atom. The molecule has 0 amide bonds. The van der Waals surface area contributed by atoms with Crippen LogP contribution in [0.3, 0.4) is 0 Å². The van der Waals surface area contributed by atoms with Crippen molar-refractivity contribution >= 4 is 11.0 Å². The quantitative estimate of drug-likeness (QED) is 0.763. The molecule has 1 aromatic carbocycles. The number of imidazole rings is 1. The Balaban J connectivity index is 2.32. The van der Waals surface area contributed by atoms with E-state index in [2.05, 4.69) is 55.8 Å². The van der Waals surface area contributed by atoms with E-state index in [0.29, 0.717) is 6.04 Å². The Hall–Kier alpha value is -1.35. The Bertz CT molecular complexity index is 553. The topological polar surface area (TPSA) is 31.9 Å². The van der Waals surface area contributed by atoms with E-state index in [9.17, 15) is 0 Å². The molecule has 0 fully saturated rings. The molecule has 1 aromatic heterocycles. The van der Waals surface area contributed by atoms with E-state index in [0.717, 1.165) is 37.3 Å². The van der Waals surface area contributed by atoms with Crippen LogP contribution in [0.2, 0.25) is 0 Å². The summed E-state index contributed by atoms with van der Waals surface area (Å²) < 4.78 is 0. The fourth-order valence-electron chi connectivity index (χ4n) is 3.08. The Morgan fingerprint density at radius 2 is 1.81 bits per heavy atom. The average molecular weight is 287 g/mol. The average Bonchev–Trinajstić information content (AvgIpc) is 2.90. The van der Waals surface area contributed by atoms with Gasteiger partial charge in [-0.2, -0.15) is 0 Å². The number of benzene rings is 1. The first kappa shape index (κ1) is 16.0. The number of hydrogen-bond acceptors (Lipinski definition) is 2. The molecule has 0 bridgehead atoms. The van der Waals surface area contributed by atoms with Gasteiger partial charge in [-0.05, 0) is 56.5 Å². The summed E-state index contributed by atoms with van der Waals surface area (Å²) in [5.74, 6) is 1.13. The summed E-state index contributed by atoms with van der Waals surface area (Å²) in [6.07, 6.45) is 4.55. The number of aromatic nitrogens is 2. The van der Waals surface area contributed by atoms with Gasteiger partial charge in [0.05, 0.1) is 17.1 Å². The lowest BCUT2D eigenvalue weighted by atomic mass is 10.1. The highest BCUT2D eigenvalue weighted by Gasteiger charge is 2.20. The molecule has 0 aliphatic heterocycles. The third-order valence-corrected chi connectivity index (χ3v) is 4.14. The van der Waals surface area contributed by atoms with Gasteiger partial charge in [0.1, 0.15) is 5.82 Å². The molecule has 2 rings (SSSR count). The second-order valence-corrected chi connectivity index (χ2v) is 5.79. The van der Waals surface area contributed by atoms with Gasteiger partial charge >= 0.3 is 0 Å². The highest BCUT2D eigenvalue weighted by molar-refractivity contribution is 5.76. The van der Waals surface area contributed by atoms with Crippen LogP contribution in [0.1, 0.15) is 64.4 Å². The SMILES string of the molecule is CCCN(CCC)C(CC)c1nc2ccc(CC)cc2[nH]1. The lowest BCUT2D eigenvalue weighted by Crippen LogP contribution is -2.30. The van der Waals surface area contributed by atoms with Gasteiger partial charge in [-0.25, -0.2) is 4.98 Å². The molecular formula is C18H29N3. The second kappa shape index (κ2) is 7.60. The first-order valence-corrected chi connectivity index (χ1v) is 8.45. The van der Waals surface area contributed by atoms with Gasteiger partial charge in [-0.3, -0.25) is 4.90 Å². The van der Waals surface area contributed by atoms with Crippen molar-refractivity contribution in [2.45, 2.75) is 59.4 Å². The fraction of sp³-hybridized carbons (Fsp3) is 0.611. The maximum atomic E-state index is 4.85. The molecule has 0 saturated carbocycles. The van der Waals surface area contributed by atoms with Gasteiger partial charge in [0, 0.05) is 0 Å². The summed E-state index contributed by atoms with van der Waals surface area (Å²) in [6, 6.07) is 6.97. The Kier molecular flexibility index (Phi) is 5.80. The molecule has 0 aliphatic carbocycles. The third kappa shape index (κ3) is 3.65. The Labute approximate surface area is 128 Å². The van der Waals surface area contributed by atoms with Crippen LogP contribution in [0.5, 0.6) is 0 Å². The normalized spacial score (nSPS) is 13.2. The van der Waals surface area contributed by atoms with E-state index in [4.69, 9.17) is 4.98 Å². The lowest BCUT2D eigenvalue weighted by Gasteiger charge is -2.29. The summed E-state index contributed by atoms with van der Waals surface area (Å²) in [5, 5.41) is 0. The highest BCUT2D eigenvalue weighted by atomic mass is 15.2. The number of nitrogens with one attached hydrogen (secondary N) is 1. The molecule has 0 spiro atoms. The van der Waals surface area contributed by atoms with E-state index in [1.807, 2.05) is 0 Å². The van der Waals surface area contributed by atoms with Gasteiger partial charge in [0.25, 0.3) is 0 Å². The van der Waals surface area contributed by atoms with Crippen LogP contribution in [0, 0.1) is 0 Å². The molecule has 1 N–H and O–H groups in total. The molecule has 2 aromatic rings. The third-order valence-electron chi connectivity index (χ3n) is 4.14. The van der Waals surface area contributed by atoms with Crippen LogP contribution >= 0.6 is 0 Å². The number of H-pyrrole nitrogens is 1. The number of aryl methyl sites for hydroxylation is 1. The predicted octanol–water partition coefficient (Wildman–Crippen LogP) is 4.70.